The number of hydrogen-bond donors (Lipinski definition) is 1. The Bertz CT molecular complexity index is 590. The topological polar surface area (TPSA) is 16.6 Å². The Labute approximate surface area is 121 Å². The Kier molecular flexibility index (Phi) is 3.72. The number of alkyl halides is 3. The van der Waals surface area contributed by atoms with Crippen molar-refractivity contribution in [2.45, 2.75) is 31.1 Å². The van der Waals surface area contributed by atoms with E-state index in [-0.39, 0.29) is 0 Å². The van der Waals surface area contributed by atoms with Gasteiger partial charge in [-0.15, -0.1) is 0 Å². The van der Waals surface area contributed by atoms with Crippen LogP contribution < -0.4 is 5.32 Å². The van der Waals surface area contributed by atoms with Gasteiger partial charge >= 0.3 is 6.18 Å². The van der Waals surface area contributed by atoms with Crippen LogP contribution in [0.2, 0.25) is 0 Å². The minimum atomic E-state index is -4.25. The van der Waals surface area contributed by atoms with Gasteiger partial charge in [-0.25, -0.2) is 0 Å². The molecule has 1 saturated carbocycles. The van der Waals surface area contributed by atoms with E-state index in [0.717, 1.165) is 30.7 Å². The van der Waals surface area contributed by atoms with Crippen molar-refractivity contribution in [1.82, 2.24) is 0 Å². The molecule has 21 heavy (non-hydrogen) atoms. The molecule has 2 aromatic carbocycles. The molecule has 0 saturated heterocycles. The highest BCUT2D eigenvalue weighted by Gasteiger charge is 2.41. The molecule has 1 nitrogen and oxygen atoms in total. The summed E-state index contributed by atoms with van der Waals surface area (Å²) in [4.78, 5) is 0. The minimum absolute atomic E-state index is 0.551. The van der Waals surface area contributed by atoms with E-state index >= 15 is 0 Å². The average molecular weight is 292 g/mol. The summed E-state index contributed by atoms with van der Waals surface area (Å²) in [6.45, 7) is 0.728. The van der Waals surface area contributed by atoms with Gasteiger partial charge in [0.25, 0.3) is 0 Å². The van der Waals surface area contributed by atoms with Gasteiger partial charge in [0.15, 0.2) is 0 Å². The Hall–Kier alpha value is -1.81. The van der Waals surface area contributed by atoms with Crippen LogP contribution in [0.5, 0.6) is 0 Å². The molecule has 110 valence electrons. The van der Waals surface area contributed by atoms with Crippen molar-refractivity contribution in [3.05, 3.63) is 71.3 Å². The monoisotopic (exact) mass is 292 g/mol. The summed E-state index contributed by atoms with van der Waals surface area (Å²) >= 11 is 0. The molecule has 0 spiro atoms. The van der Waals surface area contributed by atoms with Crippen LogP contribution in [0.25, 0.3) is 0 Å². The Morgan fingerprint density at radius 1 is 0.952 bits per heavy atom. The smallest absolute Gasteiger partial charge is 0.340 e. The van der Waals surface area contributed by atoms with Crippen molar-refractivity contribution in [2.24, 2.45) is 0 Å². The maximum Gasteiger partial charge on any atom is 0.416 e. The second-order valence-corrected chi connectivity index (χ2v) is 5.55. The van der Waals surface area contributed by atoms with Crippen LogP contribution in [0.4, 0.5) is 13.2 Å². The molecule has 4 heteroatoms. The summed E-state index contributed by atoms with van der Waals surface area (Å²) in [5.74, 6) is 0.584. The first kappa shape index (κ1) is 14.1. The van der Waals surface area contributed by atoms with Crippen LogP contribution in [0, 0.1) is 0 Å². The number of halogens is 3. The molecular weight excluding hydrogens is 275 g/mol. The highest BCUT2D eigenvalue weighted by molar-refractivity contribution is 5.26. The summed E-state index contributed by atoms with van der Waals surface area (Å²) in [7, 11) is 0. The molecule has 0 amide bonds. The van der Waals surface area contributed by atoms with Crippen molar-refractivity contribution in [2.75, 3.05) is 0 Å². The van der Waals surface area contributed by atoms with E-state index in [4.69, 9.17) is 0 Å². The standard InChI is InChI=1S/C17H16F3N/c18-17(19,20)14-8-6-12(7-9-14)11-21-16-10-15(16)13-4-2-1-3-5-13/h1-9,15-16,21H,10-11H2/p+1/t15?,16-/m0/s1. The van der Waals surface area contributed by atoms with Gasteiger partial charge in [0.1, 0.15) is 6.54 Å². The largest absolute Gasteiger partial charge is 0.416 e. The van der Waals surface area contributed by atoms with E-state index in [9.17, 15) is 13.2 Å². The van der Waals surface area contributed by atoms with Crippen LogP contribution in [0.15, 0.2) is 54.6 Å². The zero-order valence-electron chi connectivity index (χ0n) is 11.5. The second kappa shape index (κ2) is 5.53. The number of hydrogen-bond acceptors (Lipinski definition) is 0. The highest BCUT2D eigenvalue weighted by atomic mass is 19.4. The molecule has 0 aromatic heterocycles. The first-order valence-electron chi connectivity index (χ1n) is 7.08. The molecule has 2 aromatic rings. The Balaban J connectivity index is 1.53. The van der Waals surface area contributed by atoms with Crippen LogP contribution in [0.1, 0.15) is 29.0 Å². The summed E-state index contributed by atoms with van der Waals surface area (Å²) < 4.78 is 37.4. The fourth-order valence-electron chi connectivity index (χ4n) is 2.68. The quantitative estimate of drug-likeness (QED) is 0.890. The first-order valence-corrected chi connectivity index (χ1v) is 7.08. The lowest BCUT2D eigenvalue weighted by molar-refractivity contribution is -0.684. The zero-order chi connectivity index (χ0) is 14.9. The van der Waals surface area contributed by atoms with E-state index in [1.54, 1.807) is 12.1 Å². The van der Waals surface area contributed by atoms with Crippen molar-refractivity contribution >= 4 is 0 Å². The lowest BCUT2D eigenvalue weighted by Crippen LogP contribution is -2.84. The lowest BCUT2D eigenvalue weighted by Gasteiger charge is -2.07. The van der Waals surface area contributed by atoms with Gasteiger partial charge in [0.05, 0.1) is 11.6 Å². The van der Waals surface area contributed by atoms with E-state index in [1.807, 2.05) is 18.2 Å². The van der Waals surface area contributed by atoms with E-state index in [2.05, 4.69) is 17.4 Å². The molecule has 0 aliphatic heterocycles. The van der Waals surface area contributed by atoms with Gasteiger partial charge in [0, 0.05) is 17.9 Å². The van der Waals surface area contributed by atoms with Gasteiger partial charge in [-0.05, 0) is 17.7 Å². The first-order chi connectivity index (χ1) is 10.0. The molecule has 0 radical (unpaired) electrons. The summed E-state index contributed by atoms with van der Waals surface area (Å²) in [5.41, 5.74) is 1.70. The van der Waals surface area contributed by atoms with Gasteiger partial charge in [-0.3, -0.25) is 0 Å². The van der Waals surface area contributed by atoms with E-state index in [0.29, 0.717) is 12.0 Å². The molecule has 0 heterocycles. The highest BCUT2D eigenvalue weighted by Crippen LogP contribution is 2.38. The van der Waals surface area contributed by atoms with E-state index < -0.39 is 11.7 Å². The third-order valence-electron chi connectivity index (χ3n) is 4.01. The van der Waals surface area contributed by atoms with Crippen molar-refractivity contribution in [1.29, 1.82) is 0 Å². The molecule has 1 aliphatic carbocycles. The fraction of sp³-hybridized carbons (Fsp3) is 0.294. The average Bonchev–Trinajstić information content (AvgIpc) is 3.25. The molecule has 1 fully saturated rings. The van der Waals surface area contributed by atoms with Crippen molar-refractivity contribution in [3.8, 4) is 0 Å². The molecule has 0 bridgehead atoms. The third-order valence-corrected chi connectivity index (χ3v) is 4.01. The van der Waals surface area contributed by atoms with Crippen LogP contribution in [-0.4, -0.2) is 6.04 Å². The van der Waals surface area contributed by atoms with Gasteiger partial charge in [0.2, 0.25) is 0 Å². The molecule has 3 rings (SSSR count). The summed E-state index contributed by atoms with van der Waals surface area (Å²) in [5, 5.41) is 2.22. The Morgan fingerprint density at radius 3 is 2.24 bits per heavy atom. The van der Waals surface area contributed by atoms with Gasteiger partial charge in [-0.2, -0.15) is 13.2 Å². The van der Waals surface area contributed by atoms with Gasteiger partial charge < -0.3 is 5.32 Å². The summed E-state index contributed by atoms with van der Waals surface area (Å²) in [6.07, 6.45) is -3.11. The molecule has 2 N–H and O–H groups in total. The van der Waals surface area contributed by atoms with Crippen molar-refractivity contribution < 1.29 is 18.5 Å². The SMILES string of the molecule is FC(F)(F)c1ccc(C[NH2+][C@H]2CC2c2ccccc2)cc1. The minimum Gasteiger partial charge on any atom is -0.340 e. The Morgan fingerprint density at radius 2 is 1.62 bits per heavy atom. The van der Waals surface area contributed by atoms with Crippen LogP contribution in [-0.2, 0) is 12.7 Å². The normalized spacial score (nSPS) is 21.3. The number of benzene rings is 2. The van der Waals surface area contributed by atoms with E-state index in [1.165, 1.54) is 5.56 Å². The van der Waals surface area contributed by atoms with Crippen LogP contribution >= 0.6 is 0 Å². The second-order valence-electron chi connectivity index (χ2n) is 5.55. The predicted molar refractivity (Wildman–Crippen MR) is 74.7 cm³/mol. The van der Waals surface area contributed by atoms with Crippen molar-refractivity contribution in [3.63, 3.8) is 0 Å². The molecule has 1 unspecified atom stereocenters. The summed E-state index contributed by atoms with van der Waals surface area (Å²) in [6, 6.07) is 16.4. The maximum absolute atomic E-state index is 12.5. The predicted octanol–water partition coefficient (Wildman–Crippen LogP) is 3.32. The maximum atomic E-state index is 12.5. The lowest BCUT2D eigenvalue weighted by atomic mass is 10.1. The third kappa shape index (κ3) is 3.45. The number of nitrogens with two attached hydrogens (primary N) is 1. The molecular formula is C17H17F3N+. The van der Waals surface area contributed by atoms with Crippen LogP contribution in [0.3, 0.4) is 0 Å². The fourth-order valence-corrected chi connectivity index (χ4v) is 2.68. The number of quaternary nitrogens is 1. The molecule has 1 aliphatic rings. The number of rotatable bonds is 4. The molecule has 2 atom stereocenters. The van der Waals surface area contributed by atoms with Gasteiger partial charge in [-0.1, -0.05) is 42.5 Å². The zero-order valence-corrected chi connectivity index (χ0v) is 11.5.